The molecule has 0 aliphatic heterocycles. The number of hydrogen-bond acceptors (Lipinski definition) is 2. The summed E-state index contributed by atoms with van der Waals surface area (Å²) in [6.45, 7) is 4.72. The molecule has 0 saturated heterocycles. The minimum Gasteiger partial charge on any atom is -0.326 e. The number of thiol groups is 1. The topological polar surface area (TPSA) is 26.0 Å². The lowest BCUT2D eigenvalue weighted by atomic mass is 10.2. The Bertz CT molecular complexity index is 84.7. The summed E-state index contributed by atoms with van der Waals surface area (Å²) in [7, 11) is 0. The van der Waals surface area contributed by atoms with Crippen LogP contribution in [0.25, 0.3) is 0 Å². The fourth-order valence-corrected chi connectivity index (χ4v) is 0.536. The SMILES string of the molecule is CC/C(C)=C(/S)CN. The van der Waals surface area contributed by atoms with Crippen LogP contribution in [0.3, 0.4) is 0 Å². The second-order valence-corrected chi connectivity index (χ2v) is 2.32. The molecule has 0 atom stereocenters. The van der Waals surface area contributed by atoms with E-state index in [0.717, 1.165) is 11.3 Å². The first-order chi connectivity index (χ1) is 3.72. The Labute approximate surface area is 56.4 Å². The first-order valence-electron chi connectivity index (χ1n) is 2.80. The van der Waals surface area contributed by atoms with E-state index in [4.69, 9.17) is 5.73 Å². The Morgan fingerprint density at radius 1 is 1.62 bits per heavy atom. The van der Waals surface area contributed by atoms with Gasteiger partial charge in [0, 0.05) is 6.54 Å². The van der Waals surface area contributed by atoms with E-state index in [9.17, 15) is 0 Å². The van der Waals surface area contributed by atoms with E-state index in [1.165, 1.54) is 5.57 Å². The number of hydrogen-bond donors (Lipinski definition) is 2. The maximum Gasteiger partial charge on any atom is 0.0235 e. The van der Waals surface area contributed by atoms with Crippen LogP contribution in [0.2, 0.25) is 0 Å². The van der Waals surface area contributed by atoms with Gasteiger partial charge < -0.3 is 5.73 Å². The van der Waals surface area contributed by atoms with Gasteiger partial charge in [-0.25, -0.2) is 0 Å². The summed E-state index contributed by atoms with van der Waals surface area (Å²) in [4.78, 5) is 1.02. The van der Waals surface area contributed by atoms with Crippen molar-refractivity contribution in [3.63, 3.8) is 0 Å². The first kappa shape index (κ1) is 8.05. The van der Waals surface area contributed by atoms with Gasteiger partial charge in [-0.3, -0.25) is 0 Å². The molecule has 0 radical (unpaired) electrons. The van der Waals surface area contributed by atoms with Crippen molar-refractivity contribution >= 4 is 12.6 Å². The molecule has 1 nitrogen and oxygen atoms in total. The van der Waals surface area contributed by atoms with Gasteiger partial charge in [-0.1, -0.05) is 12.5 Å². The summed E-state index contributed by atoms with van der Waals surface area (Å²) in [6, 6.07) is 0. The Hall–Kier alpha value is 0.0500. The molecule has 0 aromatic carbocycles. The van der Waals surface area contributed by atoms with Gasteiger partial charge >= 0.3 is 0 Å². The van der Waals surface area contributed by atoms with Gasteiger partial charge in [0.1, 0.15) is 0 Å². The Balaban J connectivity index is 3.83. The molecule has 0 aromatic heterocycles. The maximum atomic E-state index is 5.31. The van der Waals surface area contributed by atoms with Crippen molar-refractivity contribution in [3.8, 4) is 0 Å². The zero-order chi connectivity index (χ0) is 6.57. The van der Waals surface area contributed by atoms with Crippen LogP contribution in [0.1, 0.15) is 20.3 Å². The van der Waals surface area contributed by atoms with Gasteiger partial charge in [-0.05, 0) is 18.2 Å². The number of allylic oxidation sites excluding steroid dienone is 1. The van der Waals surface area contributed by atoms with Gasteiger partial charge in [-0.2, -0.15) is 0 Å². The van der Waals surface area contributed by atoms with Crippen molar-refractivity contribution < 1.29 is 0 Å². The first-order valence-corrected chi connectivity index (χ1v) is 3.24. The minimum absolute atomic E-state index is 0.572. The molecule has 0 rings (SSSR count). The summed E-state index contributed by atoms with van der Waals surface area (Å²) in [6.07, 6.45) is 1.05. The molecule has 48 valence electrons. The van der Waals surface area contributed by atoms with Crippen LogP contribution < -0.4 is 5.73 Å². The molecule has 8 heavy (non-hydrogen) atoms. The highest BCUT2D eigenvalue weighted by molar-refractivity contribution is 7.84. The Kier molecular flexibility index (Phi) is 4.01. The number of nitrogens with two attached hydrogens (primary N) is 1. The van der Waals surface area contributed by atoms with E-state index < -0.39 is 0 Å². The molecule has 0 aromatic rings. The molecule has 0 amide bonds. The summed E-state index contributed by atoms with van der Waals surface area (Å²) >= 11 is 4.16. The lowest BCUT2D eigenvalue weighted by molar-refractivity contribution is 1.06. The van der Waals surface area contributed by atoms with Gasteiger partial charge in [0.25, 0.3) is 0 Å². The molecule has 0 aliphatic carbocycles. The molecule has 0 unspecified atom stereocenters. The minimum atomic E-state index is 0.572. The average molecular weight is 131 g/mol. The standard InChI is InChI=1S/C6H13NS/c1-3-5(2)6(8)4-7/h8H,3-4,7H2,1-2H3/b6-5+. The fourth-order valence-electron chi connectivity index (χ4n) is 0.378. The highest BCUT2D eigenvalue weighted by Gasteiger charge is 1.89. The van der Waals surface area contributed by atoms with Gasteiger partial charge in [0.15, 0.2) is 0 Å². The van der Waals surface area contributed by atoms with Gasteiger partial charge in [-0.15, -0.1) is 12.6 Å². The predicted octanol–water partition coefficient (Wildman–Crippen LogP) is 1.56. The third-order valence-corrected chi connectivity index (χ3v) is 1.78. The van der Waals surface area contributed by atoms with Crippen LogP contribution in [0.5, 0.6) is 0 Å². The van der Waals surface area contributed by atoms with Gasteiger partial charge in [0.05, 0.1) is 0 Å². The normalized spacial score (nSPS) is 13.5. The van der Waals surface area contributed by atoms with E-state index in [1.54, 1.807) is 0 Å². The predicted molar refractivity (Wildman–Crippen MR) is 41.0 cm³/mol. The molecule has 0 aliphatic rings. The summed E-state index contributed by atoms with van der Waals surface area (Å²) in [5.74, 6) is 0. The highest BCUT2D eigenvalue weighted by Crippen LogP contribution is 2.08. The smallest absolute Gasteiger partial charge is 0.0235 e. The number of rotatable bonds is 2. The van der Waals surface area contributed by atoms with Crippen molar-refractivity contribution in [3.05, 3.63) is 10.5 Å². The molecule has 0 saturated carbocycles. The highest BCUT2D eigenvalue weighted by atomic mass is 32.1. The van der Waals surface area contributed by atoms with Crippen LogP contribution in [0.15, 0.2) is 10.5 Å². The lowest BCUT2D eigenvalue weighted by Crippen LogP contribution is -1.99. The van der Waals surface area contributed by atoms with Crippen molar-refractivity contribution in [2.45, 2.75) is 20.3 Å². The Morgan fingerprint density at radius 2 is 2.12 bits per heavy atom. The summed E-state index contributed by atoms with van der Waals surface area (Å²) < 4.78 is 0. The quantitative estimate of drug-likeness (QED) is 0.546. The van der Waals surface area contributed by atoms with Crippen LogP contribution >= 0.6 is 12.6 Å². The van der Waals surface area contributed by atoms with E-state index in [-0.39, 0.29) is 0 Å². The fraction of sp³-hybridized carbons (Fsp3) is 0.667. The van der Waals surface area contributed by atoms with Crippen molar-refractivity contribution in [1.82, 2.24) is 0 Å². The molecule has 2 N–H and O–H groups in total. The maximum absolute atomic E-state index is 5.31. The van der Waals surface area contributed by atoms with E-state index >= 15 is 0 Å². The third kappa shape index (κ3) is 2.38. The van der Waals surface area contributed by atoms with E-state index in [0.29, 0.717) is 6.54 Å². The summed E-state index contributed by atoms with van der Waals surface area (Å²) in [5, 5.41) is 0. The zero-order valence-corrected chi connectivity index (χ0v) is 6.33. The second-order valence-electron chi connectivity index (χ2n) is 1.78. The zero-order valence-electron chi connectivity index (χ0n) is 5.44. The van der Waals surface area contributed by atoms with Crippen LogP contribution in [0, 0.1) is 0 Å². The van der Waals surface area contributed by atoms with Crippen molar-refractivity contribution in [2.75, 3.05) is 6.54 Å². The van der Waals surface area contributed by atoms with Crippen LogP contribution in [0.4, 0.5) is 0 Å². The molecular weight excluding hydrogens is 118 g/mol. The second kappa shape index (κ2) is 3.98. The lowest BCUT2D eigenvalue weighted by Gasteiger charge is -1.98. The molecule has 0 bridgehead atoms. The Morgan fingerprint density at radius 3 is 2.25 bits per heavy atom. The monoisotopic (exact) mass is 131 g/mol. The van der Waals surface area contributed by atoms with Gasteiger partial charge in [0.2, 0.25) is 0 Å². The summed E-state index contributed by atoms with van der Waals surface area (Å²) in [5.41, 5.74) is 6.60. The molecule has 0 fully saturated rings. The average Bonchev–Trinajstić information content (AvgIpc) is 1.84. The van der Waals surface area contributed by atoms with Crippen molar-refractivity contribution in [1.29, 1.82) is 0 Å². The molecule has 0 spiro atoms. The van der Waals surface area contributed by atoms with Crippen molar-refractivity contribution in [2.24, 2.45) is 5.73 Å². The van der Waals surface area contributed by atoms with E-state index in [2.05, 4.69) is 26.5 Å². The van der Waals surface area contributed by atoms with Crippen LogP contribution in [-0.2, 0) is 0 Å². The molecule has 0 heterocycles. The third-order valence-electron chi connectivity index (χ3n) is 1.22. The molecular formula is C6H13NS. The van der Waals surface area contributed by atoms with Crippen LogP contribution in [-0.4, -0.2) is 6.54 Å². The largest absolute Gasteiger partial charge is 0.326 e. The van der Waals surface area contributed by atoms with E-state index in [1.807, 2.05) is 0 Å². The molecule has 2 heteroatoms.